The quantitative estimate of drug-likeness (QED) is 0.280. The molecule has 1 aliphatic carbocycles. The number of rotatable bonds is 7. The number of amides is 1. The first-order valence-electron chi connectivity index (χ1n) is 12.0. The van der Waals surface area contributed by atoms with Crippen LogP contribution in [0.1, 0.15) is 58.0 Å². The van der Waals surface area contributed by atoms with Crippen molar-refractivity contribution < 1.29 is 14.7 Å². The third-order valence-corrected chi connectivity index (χ3v) is 7.31. The number of carbonyl (C=O) groups excluding carboxylic acids is 1. The van der Waals surface area contributed by atoms with Gasteiger partial charge in [0.15, 0.2) is 0 Å². The monoisotopic (exact) mass is 521 g/mol. The highest BCUT2D eigenvalue weighted by Gasteiger charge is 2.24. The maximum atomic E-state index is 12.7. The molecule has 8 heteroatoms. The summed E-state index contributed by atoms with van der Waals surface area (Å²) in [6, 6.07) is 18.2. The highest BCUT2D eigenvalue weighted by molar-refractivity contribution is 6.35. The van der Waals surface area contributed by atoms with E-state index >= 15 is 0 Å². The van der Waals surface area contributed by atoms with E-state index in [1.54, 1.807) is 36.4 Å². The van der Waals surface area contributed by atoms with E-state index in [9.17, 15) is 14.7 Å². The van der Waals surface area contributed by atoms with Crippen LogP contribution in [-0.2, 0) is 6.42 Å². The van der Waals surface area contributed by atoms with Crippen LogP contribution in [0.3, 0.4) is 0 Å². The number of halogens is 2. The van der Waals surface area contributed by atoms with Crippen molar-refractivity contribution >= 4 is 46.1 Å². The lowest BCUT2D eigenvalue weighted by Crippen LogP contribution is -2.25. The predicted octanol–water partition coefficient (Wildman–Crippen LogP) is 6.80. The van der Waals surface area contributed by atoms with Gasteiger partial charge in [-0.1, -0.05) is 54.2 Å². The number of benzene rings is 3. The van der Waals surface area contributed by atoms with Gasteiger partial charge in [0.25, 0.3) is 5.91 Å². The van der Waals surface area contributed by atoms with Crippen LogP contribution in [-0.4, -0.2) is 33.1 Å². The van der Waals surface area contributed by atoms with Crippen LogP contribution >= 0.6 is 23.2 Å². The van der Waals surface area contributed by atoms with Crippen LogP contribution in [0.5, 0.6) is 0 Å². The largest absolute Gasteiger partial charge is 0.478 e. The molecule has 5 rings (SSSR count). The summed E-state index contributed by atoms with van der Waals surface area (Å²) in [5.41, 5.74) is 4.19. The van der Waals surface area contributed by atoms with Crippen molar-refractivity contribution in [3.8, 4) is 11.4 Å². The third-order valence-electron chi connectivity index (χ3n) is 6.73. The van der Waals surface area contributed by atoms with Crippen molar-refractivity contribution in [3.63, 3.8) is 0 Å². The van der Waals surface area contributed by atoms with E-state index in [1.165, 1.54) is 0 Å². The van der Waals surface area contributed by atoms with Gasteiger partial charge in [0.1, 0.15) is 5.82 Å². The van der Waals surface area contributed by atoms with Gasteiger partial charge in [0.2, 0.25) is 0 Å². The lowest BCUT2D eigenvalue weighted by molar-refractivity contribution is 0.0696. The van der Waals surface area contributed by atoms with E-state index in [0.717, 1.165) is 48.2 Å². The number of nitrogens with one attached hydrogen (secondary N) is 1. The number of hydrogen-bond acceptors (Lipinski definition) is 3. The number of fused-ring (bicyclic) bond motifs is 1. The first-order chi connectivity index (χ1) is 17.4. The summed E-state index contributed by atoms with van der Waals surface area (Å²) in [5, 5.41) is 13.5. The molecule has 1 fully saturated rings. The van der Waals surface area contributed by atoms with Gasteiger partial charge in [-0.3, -0.25) is 4.79 Å². The van der Waals surface area contributed by atoms with E-state index in [0.29, 0.717) is 40.1 Å². The number of nitrogens with zero attached hydrogens (tertiary/aromatic N) is 2. The highest BCUT2D eigenvalue weighted by Crippen LogP contribution is 2.37. The summed E-state index contributed by atoms with van der Waals surface area (Å²) in [5.74, 6) is -0.339. The molecule has 1 heterocycles. The minimum absolute atomic E-state index is 0.165. The van der Waals surface area contributed by atoms with E-state index in [1.807, 2.05) is 24.3 Å². The van der Waals surface area contributed by atoms with Crippen LogP contribution in [0, 0.1) is 0 Å². The van der Waals surface area contributed by atoms with Crippen molar-refractivity contribution in [3.05, 3.63) is 87.4 Å². The van der Waals surface area contributed by atoms with Gasteiger partial charge >= 0.3 is 5.97 Å². The van der Waals surface area contributed by atoms with Gasteiger partial charge < -0.3 is 15.0 Å². The zero-order chi connectivity index (χ0) is 25.2. The molecule has 6 nitrogen and oxygen atoms in total. The van der Waals surface area contributed by atoms with E-state index in [2.05, 4.69) is 9.88 Å². The number of carbonyl (C=O) groups is 2. The molecule has 1 aliphatic rings. The standard InChI is InChI=1S/C28H25Cl2N3O3/c29-21-11-9-17(23(30)16-21)13-14-31-27(34)19-7-5-18(6-8-19)26-32-24-15-20(28(35)36)10-12-25(24)33(26)22-3-1-2-4-22/h5-12,15-16,22H,1-4,13-14H2,(H,31,34)(H,35,36). The molecule has 184 valence electrons. The van der Waals surface area contributed by atoms with E-state index in [4.69, 9.17) is 28.2 Å². The van der Waals surface area contributed by atoms with Crippen molar-refractivity contribution in [1.29, 1.82) is 0 Å². The molecule has 0 spiro atoms. The van der Waals surface area contributed by atoms with Crippen molar-refractivity contribution in [2.45, 2.75) is 38.1 Å². The van der Waals surface area contributed by atoms with Crippen LogP contribution in [0.2, 0.25) is 10.0 Å². The highest BCUT2D eigenvalue weighted by atomic mass is 35.5. The van der Waals surface area contributed by atoms with Gasteiger partial charge in [-0.25, -0.2) is 9.78 Å². The molecule has 36 heavy (non-hydrogen) atoms. The Morgan fingerprint density at radius 2 is 1.69 bits per heavy atom. The number of carboxylic acids is 1. The normalized spacial score (nSPS) is 13.8. The van der Waals surface area contributed by atoms with Crippen LogP contribution < -0.4 is 5.32 Å². The van der Waals surface area contributed by atoms with E-state index in [-0.39, 0.29) is 11.5 Å². The van der Waals surface area contributed by atoms with Crippen molar-refractivity contribution in [2.75, 3.05) is 6.54 Å². The molecule has 0 saturated heterocycles. The predicted molar refractivity (Wildman–Crippen MR) is 142 cm³/mol. The number of hydrogen-bond donors (Lipinski definition) is 2. The number of aromatic nitrogens is 2. The molecule has 2 N–H and O–H groups in total. The number of carboxylic acid groups (broad SMARTS) is 1. The van der Waals surface area contributed by atoms with Crippen LogP contribution in [0.4, 0.5) is 0 Å². The maximum Gasteiger partial charge on any atom is 0.335 e. The Morgan fingerprint density at radius 3 is 2.39 bits per heavy atom. The Hall–Kier alpha value is -3.35. The smallest absolute Gasteiger partial charge is 0.335 e. The Balaban J connectivity index is 1.36. The Kier molecular flexibility index (Phi) is 6.99. The zero-order valence-electron chi connectivity index (χ0n) is 19.5. The second-order valence-electron chi connectivity index (χ2n) is 9.07. The average molecular weight is 522 g/mol. The molecule has 4 aromatic rings. The van der Waals surface area contributed by atoms with Gasteiger partial charge in [0.05, 0.1) is 16.6 Å². The number of aromatic carboxylic acids is 1. The molecule has 0 atom stereocenters. The second-order valence-corrected chi connectivity index (χ2v) is 9.91. The van der Waals surface area contributed by atoms with Crippen molar-refractivity contribution in [1.82, 2.24) is 14.9 Å². The molecule has 1 saturated carbocycles. The van der Waals surface area contributed by atoms with Gasteiger partial charge in [0, 0.05) is 33.8 Å². The molecule has 1 amide bonds. The molecular formula is C28H25Cl2N3O3. The maximum absolute atomic E-state index is 12.7. The third kappa shape index (κ3) is 4.97. The molecular weight excluding hydrogens is 497 g/mol. The lowest BCUT2D eigenvalue weighted by atomic mass is 10.1. The second kappa shape index (κ2) is 10.3. The fourth-order valence-electron chi connectivity index (χ4n) is 4.88. The first-order valence-corrected chi connectivity index (χ1v) is 12.7. The molecule has 0 bridgehead atoms. The van der Waals surface area contributed by atoms with E-state index < -0.39 is 5.97 Å². The summed E-state index contributed by atoms with van der Waals surface area (Å²) in [6.45, 7) is 0.450. The summed E-state index contributed by atoms with van der Waals surface area (Å²) in [7, 11) is 0. The summed E-state index contributed by atoms with van der Waals surface area (Å²) >= 11 is 12.2. The molecule has 0 aliphatic heterocycles. The average Bonchev–Trinajstić information content (AvgIpc) is 3.52. The SMILES string of the molecule is O=C(O)c1ccc2c(c1)nc(-c1ccc(C(=O)NCCc3ccc(Cl)cc3Cl)cc1)n2C1CCCC1. The fraction of sp³-hybridized carbons (Fsp3) is 0.250. The number of imidazole rings is 1. The Bertz CT molecular complexity index is 1440. The Labute approximate surface area is 218 Å². The minimum atomic E-state index is -0.970. The first kappa shape index (κ1) is 24.3. The summed E-state index contributed by atoms with van der Waals surface area (Å²) < 4.78 is 2.24. The zero-order valence-corrected chi connectivity index (χ0v) is 21.0. The van der Waals surface area contributed by atoms with Crippen LogP contribution in [0.15, 0.2) is 60.7 Å². The molecule has 0 radical (unpaired) electrons. The van der Waals surface area contributed by atoms with Gasteiger partial charge in [-0.05, 0) is 67.3 Å². The topological polar surface area (TPSA) is 84.2 Å². The molecule has 1 aromatic heterocycles. The molecule has 0 unspecified atom stereocenters. The summed E-state index contributed by atoms with van der Waals surface area (Å²) in [6.07, 6.45) is 5.06. The summed E-state index contributed by atoms with van der Waals surface area (Å²) in [4.78, 5) is 29.0. The minimum Gasteiger partial charge on any atom is -0.478 e. The fourth-order valence-corrected chi connectivity index (χ4v) is 5.38. The van der Waals surface area contributed by atoms with Gasteiger partial charge in [-0.15, -0.1) is 0 Å². The van der Waals surface area contributed by atoms with Crippen LogP contribution in [0.25, 0.3) is 22.4 Å². The van der Waals surface area contributed by atoms with Gasteiger partial charge in [-0.2, -0.15) is 0 Å². The lowest BCUT2D eigenvalue weighted by Gasteiger charge is -2.17. The molecule has 3 aromatic carbocycles. The Morgan fingerprint density at radius 1 is 0.972 bits per heavy atom. The van der Waals surface area contributed by atoms with Crippen molar-refractivity contribution in [2.24, 2.45) is 0 Å².